The maximum atomic E-state index is 4.31. The predicted octanol–water partition coefficient (Wildman–Crippen LogP) is 4.21. The summed E-state index contributed by atoms with van der Waals surface area (Å²) in [5.41, 5.74) is 9.16. The summed E-state index contributed by atoms with van der Waals surface area (Å²) in [6, 6.07) is 0. The van der Waals surface area contributed by atoms with Crippen LogP contribution in [-0.2, 0) is 0 Å². The van der Waals surface area contributed by atoms with Crippen molar-refractivity contribution < 1.29 is 0 Å². The lowest BCUT2D eigenvalue weighted by Crippen LogP contribution is -1.97. The molecule has 0 atom stereocenters. The Morgan fingerprint density at radius 1 is 0.407 bits per heavy atom. The van der Waals surface area contributed by atoms with E-state index in [2.05, 4.69) is 29.9 Å². The van der Waals surface area contributed by atoms with Crippen molar-refractivity contribution in [2.75, 3.05) is 0 Å². The van der Waals surface area contributed by atoms with Gasteiger partial charge >= 0.3 is 0 Å². The first kappa shape index (κ1) is 22.3. The molecule has 3 aromatic heterocycles. The zero-order chi connectivity index (χ0) is 20.6. The summed E-state index contributed by atoms with van der Waals surface area (Å²) in [6.07, 6.45) is 5.17. The van der Waals surface area contributed by atoms with Gasteiger partial charge in [0.25, 0.3) is 0 Å². The Kier molecular flexibility index (Phi) is 8.59. The van der Waals surface area contributed by atoms with Crippen molar-refractivity contribution in [3.05, 3.63) is 69.8 Å². The maximum Gasteiger partial charge on any atom is 0.0588 e. The molecule has 0 aromatic carbocycles. The third-order valence-electron chi connectivity index (χ3n) is 4.16. The molecule has 0 aliphatic carbocycles. The molecule has 0 aliphatic rings. The number of aryl methyl sites for hydroxylation is 9. The molecule has 3 rings (SSSR count). The molecule has 3 aromatic rings. The van der Waals surface area contributed by atoms with E-state index >= 15 is 0 Å². The monoisotopic (exact) mass is 366 g/mol. The van der Waals surface area contributed by atoms with Crippen molar-refractivity contribution in [1.29, 1.82) is 0 Å². The number of rotatable bonds is 0. The van der Waals surface area contributed by atoms with Crippen LogP contribution in [-0.4, -0.2) is 29.9 Å². The van der Waals surface area contributed by atoms with E-state index in [0.717, 1.165) is 51.2 Å². The minimum Gasteiger partial charge on any atom is -0.258 e. The van der Waals surface area contributed by atoms with E-state index in [4.69, 9.17) is 0 Å². The van der Waals surface area contributed by atoms with Crippen LogP contribution in [0.5, 0.6) is 0 Å². The van der Waals surface area contributed by atoms with Crippen LogP contribution in [0.3, 0.4) is 0 Å². The van der Waals surface area contributed by atoms with Crippen LogP contribution >= 0.6 is 0 Å². The van der Waals surface area contributed by atoms with E-state index in [1.807, 2.05) is 62.3 Å². The molecule has 0 saturated carbocycles. The Bertz CT molecular complexity index is 819. The average molecular weight is 367 g/mol. The molecule has 27 heavy (non-hydrogen) atoms. The van der Waals surface area contributed by atoms with E-state index in [9.17, 15) is 0 Å². The fourth-order valence-electron chi connectivity index (χ4n) is 1.96. The summed E-state index contributed by atoms with van der Waals surface area (Å²) in [5.74, 6) is 0. The van der Waals surface area contributed by atoms with Gasteiger partial charge in [0, 0.05) is 18.6 Å². The Morgan fingerprint density at radius 2 is 0.741 bits per heavy atom. The third kappa shape index (κ3) is 7.56. The van der Waals surface area contributed by atoms with Crippen molar-refractivity contribution in [3.8, 4) is 0 Å². The van der Waals surface area contributed by atoms with Gasteiger partial charge in [0.2, 0.25) is 0 Å². The van der Waals surface area contributed by atoms with Gasteiger partial charge in [0.1, 0.15) is 0 Å². The molecule has 0 bridgehead atoms. The molecule has 6 heteroatoms. The molecule has 0 unspecified atom stereocenters. The van der Waals surface area contributed by atoms with Crippen molar-refractivity contribution in [3.63, 3.8) is 0 Å². The smallest absolute Gasteiger partial charge is 0.0588 e. The van der Waals surface area contributed by atoms with E-state index in [1.54, 1.807) is 18.6 Å². The van der Waals surface area contributed by atoms with Crippen LogP contribution in [0.1, 0.15) is 51.2 Å². The van der Waals surface area contributed by atoms with Crippen molar-refractivity contribution in [2.24, 2.45) is 0 Å². The minimum atomic E-state index is 0.984. The minimum absolute atomic E-state index is 0.984. The van der Waals surface area contributed by atoms with Crippen molar-refractivity contribution in [1.82, 2.24) is 29.9 Å². The van der Waals surface area contributed by atoms with Crippen molar-refractivity contribution in [2.45, 2.75) is 62.3 Å². The lowest BCUT2D eigenvalue weighted by Gasteiger charge is -2.01. The summed E-state index contributed by atoms with van der Waals surface area (Å²) in [7, 11) is 0. The summed E-state index contributed by atoms with van der Waals surface area (Å²) in [4.78, 5) is 25.0. The highest BCUT2D eigenvalue weighted by Gasteiger charge is 1.98. The SMILES string of the molecule is Cc1cnc(C)c(C)n1.Cc1nc(C)c(C)nc1C.Cc1nccnc1C. The molecule has 0 N–H and O–H groups in total. The number of hydrogen-bond donors (Lipinski definition) is 0. The van der Waals surface area contributed by atoms with Gasteiger partial charge in [-0.05, 0) is 62.3 Å². The van der Waals surface area contributed by atoms with Crippen LogP contribution in [0.2, 0.25) is 0 Å². The highest BCUT2D eigenvalue weighted by atomic mass is 14.8. The van der Waals surface area contributed by atoms with Gasteiger partial charge in [0.05, 0.1) is 51.2 Å². The average Bonchev–Trinajstić information content (AvgIpc) is 2.61. The zero-order valence-electron chi connectivity index (χ0n) is 17.9. The zero-order valence-corrected chi connectivity index (χ0v) is 17.9. The summed E-state index contributed by atoms with van der Waals surface area (Å²) < 4.78 is 0. The lowest BCUT2D eigenvalue weighted by molar-refractivity contribution is 0.959. The number of nitrogens with zero attached hydrogens (tertiary/aromatic N) is 6. The van der Waals surface area contributed by atoms with Gasteiger partial charge in [0.15, 0.2) is 0 Å². The van der Waals surface area contributed by atoms with E-state index in [0.29, 0.717) is 0 Å². The molecule has 0 aliphatic heterocycles. The number of hydrogen-bond acceptors (Lipinski definition) is 6. The van der Waals surface area contributed by atoms with Crippen LogP contribution in [0.25, 0.3) is 0 Å². The second-order valence-corrected chi connectivity index (χ2v) is 6.47. The Balaban J connectivity index is 0.000000204. The second kappa shape index (κ2) is 10.4. The van der Waals surface area contributed by atoms with E-state index < -0.39 is 0 Å². The lowest BCUT2D eigenvalue weighted by atomic mass is 10.3. The topological polar surface area (TPSA) is 77.3 Å². The first-order chi connectivity index (χ1) is 12.6. The van der Waals surface area contributed by atoms with Crippen LogP contribution in [0.15, 0.2) is 18.6 Å². The molecule has 0 radical (unpaired) electrons. The highest BCUT2D eigenvalue weighted by Crippen LogP contribution is 2.04. The van der Waals surface area contributed by atoms with E-state index in [-0.39, 0.29) is 0 Å². The molecule has 144 valence electrons. The standard InChI is InChI=1S/C8H12N2.C7H10N2.C6H8N2/c1-5-6(2)10-8(4)7(3)9-5;1-5-4-8-6(2)7(3)9-5;1-5-6(2)8-4-3-7-5/h1-4H3;4H,1-3H3;3-4H,1-2H3. The quantitative estimate of drug-likeness (QED) is 0.593. The largest absolute Gasteiger partial charge is 0.258 e. The van der Waals surface area contributed by atoms with Crippen LogP contribution in [0, 0.1) is 62.3 Å². The second-order valence-electron chi connectivity index (χ2n) is 6.47. The van der Waals surface area contributed by atoms with Gasteiger partial charge in [-0.1, -0.05) is 0 Å². The van der Waals surface area contributed by atoms with Gasteiger partial charge in [-0.2, -0.15) is 0 Å². The fraction of sp³-hybridized carbons (Fsp3) is 0.429. The molecule has 6 nitrogen and oxygen atoms in total. The third-order valence-corrected chi connectivity index (χ3v) is 4.16. The fourth-order valence-corrected chi connectivity index (χ4v) is 1.96. The normalized spacial score (nSPS) is 9.67. The van der Waals surface area contributed by atoms with Gasteiger partial charge in [-0.25, -0.2) is 0 Å². The highest BCUT2D eigenvalue weighted by molar-refractivity contribution is 5.16. The first-order valence-electron chi connectivity index (χ1n) is 8.91. The summed E-state index contributed by atoms with van der Waals surface area (Å²) in [5, 5.41) is 0. The number of aromatic nitrogens is 6. The van der Waals surface area contributed by atoms with E-state index in [1.165, 1.54) is 0 Å². The Labute approximate surface area is 162 Å². The maximum absolute atomic E-state index is 4.31. The molecule has 0 amide bonds. The van der Waals surface area contributed by atoms with Crippen LogP contribution in [0.4, 0.5) is 0 Å². The Hall–Kier alpha value is -2.76. The molecule has 3 heterocycles. The summed E-state index contributed by atoms with van der Waals surface area (Å²) >= 11 is 0. The molecular formula is C21H30N6. The van der Waals surface area contributed by atoms with Gasteiger partial charge in [-0.15, -0.1) is 0 Å². The van der Waals surface area contributed by atoms with Gasteiger partial charge in [-0.3, -0.25) is 29.9 Å². The van der Waals surface area contributed by atoms with Crippen molar-refractivity contribution >= 4 is 0 Å². The first-order valence-corrected chi connectivity index (χ1v) is 8.91. The molecule has 0 saturated heterocycles. The summed E-state index contributed by atoms with van der Waals surface area (Å²) in [6.45, 7) is 17.7. The predicted molar refractivity (Wildman–Crippen MR) is 109 cm³/mol. The Morgan fingerprint density at radius 3 is 1.04 bits per heavy atom. The molecular weight excluding hydrogens is 336 g/mol. The molecule has 0 fully saturated rings. The van der Waals surface area contributed by atoms with Crippen LogP contribution < -0.4 is 0 Å². The molecule has 0 spiro atoms. The van der Waals surface area contributed by atoms with Gasteiger partial charge < -0.3 is 0 Å².